The van der Waals surface area contributed by atoms with Crippen LogP contribution in [-0.4, -0.2) is 26.4 Å². The lowest BCUT2D eigenvalue weighted by molar-refractivity contribution is 0.241. The van der Waals surface area contributed by atoms with Gasteiger partial charge >= 0.3 is 0 Å². The van der Waals surface area contributed by atoms with Crippen molar-refractivity contribution in [3.8, 4) is 22.6 Å². The summed E-state index contributed by atoms with van der Waals surface area (Å²) in [6.07, 6.45) is 2.69. The Morgan fingerprint density at radius 2 is 1.81 bits per heavy atom. The minimum Gasteiger partial charge on any atom is -0.306 e. The quantitative estimate of drug-likeness (QED) is 0.462. The molecular formula is C25H21BrN4O. The molecule has 1 N–H and O–H groups in total. The summed E-state index contributed by atoms with van der Waals surface area (Å²) in [5.74, 6) is 0.643. The number of hydrogen-bond acceptors (Lipinski definition) is 4. The first-order chi connectivity index (χ1) is 15.2. The van der Waals surface area contributed by atoms with E-state index in [-0.39, 0.29) is 5.56 Å². The predicted molar refractivity (Wildman–Crippen MR) is 125 cm³/mol. The highest BCUT2D eigenvalue weighted by Crippen LogP contribution is 2.26. The van der Waals surface area contributed by atoms with Crippen molar-refractivity contribution in [3.05, 3.63) is 105 Å². The molecular weight excluding hydrogens is 452 g/mol. The van der Waals surface area contributed by atoms with Crippen LogP contribution in [0.15, 0.2) is 82.2 Å². The van der Waals surface area contributed by atoms with E-state index in [2.05, 4.69) is 42.9 Å². The van der Waals surface area contributed by atoms with Gasteiger partial charge in [0.2, 0.25) is 0 Å². The van der Waals surface area contributed by atoms with Gasteiger partial charge < -0.3 is 4.98 Å². The molecule has 2 aromatic carbocycles. The van der Waals surface area contributed by atoms with Crippen LogP contribution in [0.4, 0.5) is 0 Å². The van der Waals surface area contributed by atoms with Crippen molar-refractivity contribution in [1.29, 1.82) is 0 Å². The summed E-state index contributed by atoms with van der Waals surface area (Å²) in [5.41, 5.74) is 5.70. The average molecular weight is 473 g/mol. The third kappa shape index (κ3) is 4.22. The molecule has 0 atom stereocenters. The SMILES string of the molecule is O=c1[nH]c(-c2ccccc2)nc2c1CN(Cc1ccc(-c3ccccc3Br)nc1)CC2. The van der Waals surface area contributed by atoms with E-state index in [0.717, 1.165) is 57.6 Å². The minimum atomic E-state index is -0.0454. The standard InChI is InChI=1S/C25H21BrN4O/c26-21-9-5-4-8-19(21)22-11-10-17(14-27-22)15-30-13-12-23-20(16-30)25(31)29-24(28-23)18-6-2-1-3-7-18/h1-11,14H,12-13,15-16H2,(H,28,29,31). The average Bonchev–Trinajstić information content (AvgIpc) is 2.81. The van der Waals surface area contributed by atoms with Gasteiger partial charge in [0.05, 0.1) is 17.0 Å². The second kappa shape index (κ2) is 8.57. The zero-order chi connectivity index (χ0) is 21.2. The highest BCUT2D eigenvalue weighted by molar-refractivity contribution is 9.10. The first-order valence-corrected chi connectivity index (χ1v) is 11.1. The molecule has 2 aromatic heterocycles. The van der Waals surface area contributed by atoms with Crippen LogP contribution in [0.25, 0.3) is 22.6 Å². The summed E-state index contributed by atoms with van der Waals surface area (Å²) in [5, 5.41) is 0. The maximum atomic E-state index is 12.8. The molecule has 6 heteroatoms. The summed E-state index contributed by atoms with van der Waals surface area (Å²) in [4.78, 5) is 27.4. The molecule has 0 saturated carbocycles. The molecule has 4 aromatic rings. The maximum Gasteiger partial charge on any atom is 0.255 e. The van der Waals surface area contributed by atoms with E-state index in [4.69, 9.17) is 4.98 Å². The fourth-order valence-corrected chi connectivity index (χ4v) is 4.44. The van der Waals surface area contributed by atoms with E-state index < -0.39 is 0 Å². The van der Waals surface area contributed by atoms with Crippen LogP contribution < -0.4 is 5.56 Å². The molecule has 0 amide bonds. The summed E-state index contributed by atoms with van der Waals surface area (Å²) < 4.78 is 1.03. The molecule has 1 aliphatic heterocycles. The topological polar surface area (TPSA) is 61.9 Å². The van der Waals surface area contributed by atoms with Gasteiger partial charge in [-0.15, -0.1) is 0 Å². The molecule has 5 nitrogen and oxygen atoms in total. The first kappa shape index (κ1) is 19.8. The highest BCUT2D eigenvalue weighted by Gasteiger charge is 2.21. The van der Waals surface area contributed by atoms with Gasteiger partial charge in [-0.25, -0.2) is 4.98 Å². The second-order valence-electron chi connectivity index (χ2n) is 7.70. The Balaban J connectivity index is 1.32. The molecule has 0 bridgehead atoms. The van der Waals surface area contributed by atoms with Crippen molar-refractivity contribution in [2.24, 2.45) is 0 Å². The molecule has 0 fully saturated rings. The molecule has 0 spiro atoms. The third-order valence-electron chi connectivity index (χ3n) is 5.58. The number of hydrogen-bond donors (Lipinski definition) is 1. The third-order valence-corrected chi connectivity index (χ3v) is 6.27. The van der Waals surface area contributed by atoms with E-state index in [1.54, 1.807) is 0 Å². The number of benzene rings is 2. The van der Waals surface area contributed by atoms with Crippen LogP contribution in [-0.2, 0) is 19.5 Å². The zero-order valence-electron chi connectivity index (χ0n) is 16.9. The Labute approximate surface area is 189 Å². The Morgan fingerprint density at radius 3 is 2.58 bits per heavy atom. The van der Waals surface area contributed by atoms with Crippen molar-refractivity contribution >= 4 is 15.9 Å². The van der Waals surface area contributed by atoms with Crippen LogP contribution in [0.3, 0.4) is 0 Å². The molecule has 0 aliphatic carbocycles. The summed E-state index contributed by atoms with van der Waals surface area (Å²) in [6.45, 7) is 2.21. The maximum absolute atomic E-state index is 12.8. The Morgan fingerprint density at radius 1 is 1.00 bits per heavy atom. The fourth-order valence-electron chi connectivity index (χ4n) is 3.95. The van der Waals surface area contributed by atoms with Crippen molar-refractivity contribution in [3.63, 3.8) is 0 Å². The molecule has 0 saturated heterocycles. The van der Waals surface area contributed by atoms with Gasteiger partial charge in [-0.1, -0.05) is 70.5 Å². The molecule has 1 aliphatic rings. The van der Waals surface area contributed by atoms with Crippen molar-refractivity contribution < 1.29 is 0 Å². The van der Waals surface area contributed by atoms with E-state index in [0.29, 0.717) is 12.4 Å². The minimum absolute atomic E-state index is 0.0454. The molecule has 5 rings (SSSR count). The van der Waals surface area contributed by atoms with Gasteiger partial charge in [0.25, 0.3) is 5.56 Å². The van der Waals surface area contributed by atoms with Gasteiger partial charge in [0.1, 0.15) is 5.82 Å². The first-order valence-electron chi connectivity index (χ1n) is 10.3. The van der Waals surface area contributed by atoms with Gasteiger partial charge in [-0.3, -0.25) is 14.7 Å². The number of nitrogens with one attached hydrogen (secondary N) is 1. The number of H-pyrrole nitrogens is 1. The number of halogens is 1. The number of rotatable bonds is 4. The molecule has 3 heterocycles. The molecule has 0 radical (unpaired) electrons. The lowest BCUT2D eigenvalue weighted by Crippen LogP contribution is -2.35. The Bertz CT molecular complexity index is 1270. The normalized spacial score (nSPS) is 13.7. The van der Waals surface area contributed by atoms with Gasteiger partial charge in [0, 0.05) is 47.9 Å². The van der Waals surface area contributed by atoms with Crippen LogP contribution >= 0.6 is 15.9 Å². The van der Waals surface area contributed by atoms with Gasteiger partial charge in [-0.2, -0.15) is 0 Å². The Kier molecular flexibility index (Phi) is 5.49. The van der Waals surface area contributed by atoms with E-state index >= 15 is 0 Å². The van der Waals surface area contributed by atoms with Gasteiger partial charge in [0.15, 0.2) is 0 Å². The molecule has 31 heavy (non-hydrogen) atoms. The predicted octanol–water partition coefficient (Wildman–Crippen LogP) is 4.82. The summed E-state index contributed by atoms with van der Waals surface area (Å²) in [6, 6.07) is 22.0. The number of nitrogens with zero attached hydrogens (tertiary/aromatic N) is 3. The number of pyridine rings is 1. The fraction of sp³-hybridized carbons (Fsp3) is 0.160. The lowest BCUT2D eigenvalue weighted by Gasteiger charge is -2.27. The van der Waals surface area contributed by atoms with Crippen LogP contribution in [0.5, 0.6) is 0 Å². The van der Waals surface area contributed by atoms with Crippen LogP contribution in [0.2, 0.25) is 0 Å². The lowest BCUT2D eigenvalue weighted by atomic mass is 10.1. The van der Waals surface area contributed by atoms with E-state index in [1.165, 1.54) is 0 Å². The van der Waals surface area contributed by atoms with Crippen LogP contribution in [0.1, 0.15) is 16.8 Å². The van der Waals surface area contributed by atoms with Crippen LogP contribution in [0, 0.1) is 0 Å². The van der Waals surface area contributed by atoms with Crippen molar-refractivity contribution in [2.45, 2.75) is 19.5 Å². The van der Waals surface area contributed by atoms with E-state index in [1.807, 2.05) is 60.8 Å². The van der Waals surface area contributed by atoms with Crippen molar-refractivity contribution in [2.75, 3.05) is 6.54 Å². The monoisotopic (exact) mass is 472 g/mol. The summed E-state index contributed by atoms with van der Waals surface area (Å²) in [7, 11) is 0. The summed E-state index contributed by atoms with van der Waals surface area (Å²) >= 11 is 3.59. The van der Waals surface area contributed by atoms with Crippen molar-refractivity contribution in [1.82, 2.24) is 19.9 Å². The number of aromatic amines is 1. The molecule has 0 unspecified atom stereocenters. The smallest absolute Gasteiger partial charge is 0.255 e. The Hall–Kier alpha value is -3.09. The second-order valence-corrected chi connectivity index (χ2v) is 8.55. The zero-order valence-corrected chi connectivity index (χ0v) is 18.5. The molecule has 154 valence electrons. The number of aromatic nitrogens is 3. The largest absolute Gasteiger partial charge is 0.306 e. The number of fused-ring (bicyclic) bond motifs is 1. The van der Waals surface area contributed by atoms with Gasteiger partial charge in [-0.05, 0) is 17.7 Å². The van der Waals surface area contributed by atoms with E-state index in [9.17, 15) is 4.79 Å². The highest BCUT2D eigenvalue weighted by atomic mass is 79.9.